The number of benzene rings is 1. The first kappa shape index (κ1) is 22.7. The molecule has 32 heavy (non-hydrogen) atoms. The third-order valence-corrected chi connectivity index (χ3v) is 6.87. The number of halogens is 4. The van der Waals surface area contributed by atoms with E-state index in [1.54, 1.807) is 23.2 Å². The quantitative estimate of drug-likeness (QED) is 0.450. The minimum atomic E-state index is -3.33. The predicted octanol–water partition coefficient (Wildman–Crippen LogP) is 5.46. The van der Waals surface area contributed by atoms with Crippen LogP contribution in [0.15, 0.2) is 35.5 Å². The van der Waals surface area contributed by atoms with Crippen molar-refractivity contribution in [1.29, 1.82) is 0 Å². The molecule has 2 fully saturated rings. The molecule has 1 amide bonds. The molecule has 1 aliphatic carbocycles. The first-order valence-electron chi connectivity index (χ1n) is 10.3. The number of carbonyl (C=O) groups excluding carboxylic acids is 1. The number of anilines is 2. The number of hydrogen-bond donors (Lipinski definition) is 1. The van der Waals surface area contributed by atoms with Gasteiger partial charge in [0.05, 0.1) is 10.7 Å². The average molecular weight is 470 g/mol. The van der Waals surface area contributed by atoms with Gasteiger partial charge in [0.25, 0.3) is 0 Å². The number of amides is 1. The Morgan fingerprint density at radius 1 is 1.28 bits per heavy atom. The fraction of sp³-hybridized carbons (Fsp3) is 0.455. The van der Waals surface area contributed by atoms with E-state index in [2.05, 4.69) is 15.0 Å². The normalized spacial score (nSPS) is 19.7. The third-order valence-electron chi connectivity index (χ3n) is 6.23. The standard InChI is InChI=1S/C22H23F4N3O2S/c1-32-17-10-13(6-9-27-17)28-20(30)16-11-22(7-2-3-8-22)12-29(16)15-5-4-14(23)18(24)19(15)31-21(25)26/h4-6,9-10,16,21H,2-3,7-8,11-12H2,1H3,(H,27,28,30). The van der Waals surface area contributed by atoms with Crippen LogP contribution in [0, 0.1) is 17.0 Å². The van der Waals surface area contributed by atoms with Crippen molar-refractivity contribution in [3.8, 4) is 5.75 Å². The van der Waals surface area contributed by atoms with E-state index in [-0.39, 0.29) is 17.0 Å². The Labute approximate surface area is 187 Å². The Kier molecular flexibility index (Phi) is 6.50. The number of pyridine rings is 1. The van der Waals surface area contributed by atoms with Gasteiger partial charge >= 0.3 is 6.61 Å². The summed E-state index contributed by atoms with van der Waals surface area (Å²) in [6, 6.07) is 4.71. The van der Waals surface area contributed by atoms with Gasteiger partial charge in [-0.2, -0.15) is 13.2 Å². The number of nitrogens with one attached hydrogen (secondary N) is 1. The summed E-state index contributed by atoms with van der Waals surface area (Å²) in [4.78, 5) is 19.0. The second-order valence-corrected chi connectivity index (χ2v) is 9.05. The molecule has 1 aliphatic heterocycles. The van der Waals surface area contributed by atoms with Crippen LogP contribution in [0.3, 0.4) is 0 Å². The van der Waals surface area contributed by atoms with Crippen molar-refractivity contribution in [2.45, 2.75) is 49.8 Å². The summed E-state index contributed by atoms with van der Waals surface area (Å²) in [5, 5.41) is 3.59. The molecule has 1 aromatic heterocycles. The lowest BCUT2D eigenvalue weighted by Crippen LogP contribution is -2.40. The molecule has 1 saturated heterocycles. The van der Waals surface area contributed by atoms with E-state index in [9.17, 15) is 22.4 Å². The van der Waals surface area contributed by atoms with Crippen LogP contribution in [0.2, 0.25) is 0 Å². The smallest absolute Gasteiger partial charge is 0.387 e. The van der Waals surface area contributed by atoms with E-state index in [0.29, 0.717) is 18.7 Å². The highest BCUT2D eigenvalue weighted by atomic mass is 32.2. The van der Waals surface area contributed by atoms with Gasteiger partial charge in [-0.3, -0.25) is 4.79 Å². The lowest BCUT2D eigenvalue weighted by atomic mass is 9.84. The molecule has 1 atom stereocenters. The predicted molar refractivity (Wildman–Crippen MR) is 114 cm³/mol. The average Bonchev–Trinajstić information content (AvgIpc) is 3.38. The minimum absolute atomic E-state index is 0.0485. The number of carbonyl (C=O) groups is 1. The minimum Gasteiger partial charge on any atom is -0.429 e. The molecule has 4 rings (SSSR count). The second kappa shape index (κ2) is 9.17. The maximum absolute atomic E-state index is 14.4. The number of rotatable bonds is 6. The molecule has 2 aromatic rings. The molecule has 1 N–H and O–H groups in total. The number of thioether (sulfide) groups is 1. The van der Waals surface area contributed by atoms with Crippen molar-refractivity contribution < 1.29 is 27.1 Å². The molecule has 172 valence electrons. The molecule has 2 heterocycles. The van der Waals surface area contributed by atoms with Crippen LogP contribution in [0.1, 0.15) is 32.1 Å². The number of aromatic nitrogens is 1. The lowest BCUT2D eigenvalue weighted by Gasteiger charge is -2.28. The number of nitrogens with zero attached hydrogens (tertiary/aromatic N) is 2. The summed E-state index contributed by atoms with van der Waals surface area (Å²) in [7, 11) is 0. The lowest BCUT2D eigenvalue weighted by molar-refractivity contribution is -0.117. The first-order chi connectivity index (χ1) is 15.3. The molecule has 1 unspecified atom stereocenters. The fourth-order valence-electron chi connectivity index (χ4n) is 4.80. The summed E-state index contributed by atoms with van der Waals surface area (Å²) in [5.74, 6) is -4.00. The van der Waals surface area contributed by atoms with E-state index < -0.39 is 30.0 Å². The van der Waals surface area contributed by atoms with Gasteiger partial charge < -0.3 is 15.0 Å². The van der Waals surface area contributed by atoms with Gasteiger partial charge in [-0.05, 0) is 55.2 Å². The van der Waals surface area contributed by atoms with Gasteiger partial charge in [-0.1, -0.05) is 12.8 Å². The largest absolute Gasteiger partial charge is 0.429 e. The summed E-state index contributed by atoms with van der Waals surface area (Å²) in [6.45, 7) is -2.95. The van der Waals surface area contributed by atoms with Gasteiger partial charge in [0.1, 0.15) is 6.04 Å². The van der Waals surface area contributed by atoms with Crippen LogP contribution >= 0.6 is 11.8 Å². The Hall–Kier alpha value is -2.49. The highest BCUT2D eigenvalue weighted by Crippen LogP contribution is 2.51. The van der Waals surface area contributed by atoms with Crippen LogP contribution < -0.4 is 15.0 Å². The van der Waals surface area contributed by atoms with Crippen molar-refractivity contribution >= 4 is 29.0 Å². The Bertz CT molecular complexity index is 1000. The summed E-state index contributed by atoms with van der Waals surface area (Å²) >= 11 is 1.43. The molecule has 1 spiro atoms. The third kappa shape index (κ3) is 4.51. The Morgan fingerprint density at radius 3 is 2.72 bits per heavy atom. The highest BCUT2D eigenvalue weighted by molar-refractivity contribution is 7.98. The van der Waals surface area contributed by atoms with Crippen LogP contribution in [0.25, 0.3) is 0 Å². The zero-order chi connectivity index (χ0) is 22.9. The zero-order valence-corrected chi connectivity index (χ0v) is 18.2. The van der Waals surface area contributed by atoms with Crippen molar-refractivity contribution in [2.75, 3.05) is 23.0 Å². The van der Waals surface area contributed by atoms with Crippen LogP contribution in [-0.2, 0) is 4.79 Å². The molecule has 10 heteroatoms. The summed E-state index contributed by atoms with van der Waals surface area (Å²) in [6.07, 6.45) is 7.71. The van der Waals surface area contributed by atoms with E-state index in [1.165, 1.54) is 17.8 Å². The van der Waals surface area contributed by atoms with Gasteiger partial charge in [-0.25, -0.2) is 9.37 Å². The zero-order valence-electron chi connectivity index (χ0n) is 17.4. The Morgan fingerprint density at radius 2 is 2.03 bits per heavy atom. The van der Waals surface area contributed by atoms with E-state index in [4.69, 9.17) is 0 Å². The Balaban J connectivity index is 1.69. The highest BCUT2D eigenvalue weighted by Gasteiger charge is 2.49. The molecular formula is C22H23F4N3O2S. The van der Waals surface area contributed by atoms with Crippen molar-refractivity contribution in [3.63, 3.8) is 0 Å². The first-order valence-corrected chi connectivity index (χ1v) is 11.5. The van der Waals surface area contributed by atoms with Crippen molar-refractivity contribution in [3.05, 3.63) is 42.1 Å². The summed E-state index contributed by atoms with van der Waals surface area (Å²) in [5.41, 5.74) is 0.321. The number of alkyl halides is 2. The SMILES string of the molecule is CSc1cc(NC(=O)C2CC3(CCCC3)CN2c2ccc(F)c(F)c2OC(F)F)ccn1. The molecule has 2 aliphatic rings. The topological polar surface area (TPSA) is 54.5 Å². The van der Waals surface area contributed by atoms with Crippen LogP contribution in [0.4, 0.5) is 28.9 Å². The molecule has 1 aromatic carbocycles. The fourth-order valence-corrected chi connectivity index (χ4v) is 5.22. The number of ether oxygens (including phenoxy) is 1. The van der Waals surface area contributed by atoms with Gasteiger partial charge in [-0.15, -0.1) is 11.8 Å². The van der Waals surface area contributed by atoms with Gasteiger partial charge in [0.2, 0.25) is 11.7 Å². The van der Waals surface area contributed by atoms with Crippen molar-refractivity contribution in [2.24, 2.45) is 5.41 Å². The van der Waals surface area contributed by atoms with Gasteiger partial charge in [0.15, 0.2) is 11.6 Å². The van der Waals surface area contributed by atoms with Crippen LogP contribution in [0.5, 0.6) is 5.75 Å². The maximum Gasteiger partial charge on any atom is 0.387 e. The molecule has 1 saturated carbocycles. The molecular weight excluding hydrogens is 446 g/mol. The van der Waals surface area contributed by atoms with E-state index in [1.807, 2.05) is 6.26 Å². The monoisotopic (exact) mass is 469 g/mol. The molecule has 5 nitrogen and oxygen atoms in total. The number of hydrogen-bond acceptors (Lipinski definition) is 5. The molecule has 0 bridgehead atoms. The van der Waals surface area contributed by atoms with Crippen LogP contribution in [-0.4, -0.2) is 36.3 Å². The van der Waals surface area contributed by atoms with E-state index >= 15 is 0 Å². The molecule has 0 radical (unpaired) electrons. The van der Waals surface area contributed by atoms with Gasteiger partial charge in [0, 0.05) is 18.4 Å². The van der Waals surface area contributed by atoms with Crippen molar-refractivity contribution in [1.82, 2.24) is 4.98 Å². The second-order valence-electron chi connectivity index (χ2n) is 8.22. The summed E-state index contributed by atoms with van der Waals surface area (Å²) < 4.78 is 58.6. The van der Waals surface area contributed by atoms with E-state index in [0.717, 1.165) is 36.8 Å². The maximum atomic E-state index is 14.4.